The number of hydrogen-bond donors (Lipinski definition) is 1. The molecule has 3 nitrogen and oxygen atoms in total. The number of rotatable bonds is 6. The lowest BCUT2D eigenvalue weighted by atomic mass is 9.79. The quantitative estimate of drug-likeness (QED) is 0.598. The molecular formula is C26H27NO2. The van der Waals surface area contributed by atoms with E-state index in [1.54, 1.807) is 0 Å². The molecule has 0 saturated carbocycles. The summed E-state index contributed by atoms with van der Waals surface area (Å²) in [5.74, 6) is 0.127. The minimum Gasteiger partial charge on any atom is -0.468 e. The van der Waals surface area contributed by atoms with Gasteiger partial charge in [-0.1, -0.05) is 92.7 Å². The smallest absolute Gasteiger partial charge is 0.322 e. The molecule has 0 fully saturated rings. The maximum atomic E-state index is 12.7. The van der Waals surface area contributed by atoms with Gasteiger partial charge in [-0.15, -0.1) is 0 Å². The summed E-state index contributed by atoms with van der Waals surface area (Å²) >= 11 is 0. The molecule has 4 rings (SSSR count). The van der Waals surface area contributed by atoms with Crippen molar-refractivity contribution in [3.63, 3.8) is 0 Å². The maximum Gasteiger partial charge on any atom is 0.322 e. The van der Waals surface area contributed by atoms with Gasteiger partial charge in [0, 0.05) is 0 Å². The molecule has 0 radical (unpaired) electrons. The summed E-state index contributed by atoms with van der Waals surface area (Å²) in [7, 11) is 1.46. The van der Waals surface area contributed by atoms with E-state index in [9.17, 15) is 4.79 Å². The highest BCUT2D eigenvalue weighted by Gasteiger charge is 2.46. The summed E-state index contributed by atoms with van der Waals surface area (Å²) in [5.41, 5.74) is 5.26. The highest BCUT2D eigenvalue weighted by Crippen LogP contribution is 2.51. The van der Waals surface area contributed by atoms with Crippen molar-refractivity contribution in [3.8, 4) is 11.1 Å². The zero-order valence-corrected chi connectivity index (χ0v) is 17.2. The Balaban J connectivity index is 1.97. The van der Waals surface area contributed by atoms with Crippen LogP contribution >= 0.6 is 0 Å². The van der Waals surface area contributed by atoms with E-state index >= 15 is 0 Å². The molecule has 148 valence electrons. The van der Waals surface area contributed by atoms with E-state index in [1.165, 1.54) is 29.4 Å². The second-order valence-corrected chi connectivity index (χ2v) is 8.06. The number of esters is 1. The molecular weight excluding hydrogens is 358 g/mol. The fourth-order valence-electron chi connectivity index (χ4n) is 4.56. The molecule has 1 aliphatic carbocycles. The van der Waals surface area contributed by atoms with Crippen molar-refractivity contribution in [1.82, 2.24) is 5.32 Å². The van der Waals surface area contributed by atoms with Crippen molar-refractivity contribution >= 4 is 5.97 Å². The molecule has 0 saturated heterocycles. The highest BCUT2D eigenvalue weighted by molar-refractivity contribution is 5.84. The van der Waals surface area contributed by atoms with Crippen LogP contribution in [0.5, 0.6) is 0 Å². The van der Waals surface area contributed by atoms with Crippen LogP contribution in [0.25, 0.3) is 11.1 Å². The van der Waals surface area contributed by atoms with E-state index in [0.29, 0.717) is 12.3 Å². The molecule has 0 spiro atoms. The van der Waals surface area contributed by atoms with Crippen LogP contribution in [0.2, 0.25) is 0 Å². The van der Waals surface area contributed by atoms with Crippen LogP contribution in [0.3, 0.4) is 0 Å². The molecule has 0 amide bonds. The maximum absolute atomic E-state index is 12.7. The molecule has 1 N–H and O–H groups in total. The number of ether oxygens (including phenoxy) is 1. The van der Waals surface area contributed by atoms with Gasteiger partial charge in [0.2, 0.25) is 0 Å². The van der Waals surface area contributed by atoms with E-state index in [2.05, 4.69) is 92.0 Å². The average Bonchev–Trinajstić information content (AvgIpc) is 3.04. The summed E-state index contributed by atoms with van der Waals surface area (Å²) < 4.78 is 5.18. The van der Waals surface area contributed by atoms with Gasteiger partial charge in [0.1, 0.15) is 6.04 Å². The standard InChI is InChI=1S/C26H27NO2/c1-18(2)17-24(25(28)29-3)27-26(19-11-5-4-6-12-19)22-15-9-7-13-20(22)21-14-8-10-16-23(21)26/h4-16,18,24,27H,17H2,1-3H3/t24-/m0/s1. The zero-order chi connectivity index (χ0) is 20.4. The predicted molar refractivity (Wildman–Crippen MR) is 117 cm³/mol. The number of fused-ring (bicyclic) bond motifs is 3. The number of hydrogen-bond acceptors (Lipinski definition) is 3. The molecule has 0 aromatic heterocycles. The van der Waals surface area contributed by atoms with E-state index in [4.69, 9.17) is 4.74 Å². The Labute approximate surface area is 172 Å². The normalized spacial score (nSPS) is 14.9. The summed E-state index contributed by atoms with van der Waals surface area (Å²) in [5, 5.41) is 3.77. The lowest BCUT2D eigenvalue weighted by Gasteiger charge is -2.37. The number of benzene rings is 3. The van der Waals surface area contributed by atoms with E-state index in [0.717, 1.165) is 5.56 Å². The first-order valence-electron chi connectivity index (χ1n) is 10.2. The van der Waals surface area contributed by atoms with Crippen molar-refractivity contribution < 1.29 is 9.53 Å². The first-order chi connectivity index (χ1) is 14.1. The molecule has 0 unspecified atom stereocenters. The van der Waals surface area contributed by atoms with Gasteiger partial charge in [0.15, 0.2) is 0 Å². The van der Waals surface area contributed by atoms with Crippen LogP contribution in [0.4, 0.5) is 0 Å². The van der Waals surface area contributed by atoms with Gasteiger partial charge < -0.3 is 4.74 Å². The number of carbonyl (C=O) groups is 1. The predicted octanol–water partition coefficient (Wildman–Crippen LogP) is 5.14. The van der Waals surface area contributed by atoms with Gasteiger partial charge in [0.05, 0.1) is 12.6 Å². The van der Waals surface area contributed by atoms with Gasteiger partial charge in [-0.05, 0) is 40.2 Å². The Morgan fingerprint density at radius 3 is 1.90 bits per heavy atom. The Bertz CT molecular complexity index is 964. The van der Waals surface area contributed by atoms with Crippen LogP contribution in [-0.2, 0) is 15.1 Å². The van der Waals surface area contributed by atoms with Gasteiger partial charge in [-0.2, -0.15) is 0 Å². The van der Waals surface area contributed by atoms with Crippen LogP contribution in [0, 0.1) is 5.92 Å². The third-order valence-corrected chi connectivity index (χ3v) is 5.74. The SMILES string of the molecule is COC(=O)[C@H](CC(C)C)NC1(c2ccccc2)c2ccccc2-c2ccccc21. The molecule has 1 atom stereocenters. The zero-order valence-electron chi connectivity index (χ0n) is 17.2. The molecule has 3 aromatic rings. The van der Waals surface area contributed by atoms with Crippen LogP contribution in [0.1, 0.15) is 37.0 Å². The molecule has 0 aliphatic heterocycles. The first-order valence-corrected chi connectivity index (χ1v) is 10.2. The summed E-state index contributed by atoms with van der Waals surface area (Å²) in [6.45, 7) is 4.26. The summed E-state index contributed by atoms with van der Waals surface area (Å²) in [6, 6.07) is 26.9. The van der Waals surface area contributed by atoms with Gasteiger partial charge in [-0.3, -0.25) is 10.1 Å². The number of carbonyl (C=O) groups excluding carboxylic acids is 1. The second kappa shape index (κ2) is 7.84. The van der Waals surface area contributed by atoms with Crippen LogP contribution in [-0.4, -0.2) is 19.1 Å². The Morgan fingerprint density at radius 2 is 1.38 bits per heavy atom. The molecule has 0 bridgehead atoms. The topological polar surface area (TPSA) is 38.3 Å². The Morgan fingerprint density at radius 1 is 0.862 bits per heavy atom. The number of methoxy groups -OCH3 is 1. The van der Waals surface area contributed by atoms with Crippen molar-refractivity contribution in [2.75, 3.05) is 7.11 Å². The van der Waals surface area contributed by atoms with Crippen molar-refractivity contribution in [2.45, 2.75) is 31.8 Å². The van der Waals surface area contributed by atoms with Gasteiger partial charge in [0.25, 0.3) is 0 Å². The summed E-state index contributed by atoms with van der Waals surface area (Å²) in [4.78, 5) is 12.7. The van der Waals surface area contributed by atoms with Crippen molar-refractivity contribution in [3.05, 3.63) is 95.6 Å². The van der Waals surface area contributed by atoms with E-state index in [-0.39, 0.29) is 5.97 Å². The van der Waals surface area contributed by atoms with Crippen LogP contribution in [0.15, 0.2) is 78.9 Å². The Hall–Kier alpha value is -2.91. The molecule has 1 aliphatic rings. The molecule has 3 aromatic carbocycles. The van der Waals surface area contributed by atoms with E-state index in [1.807, 2.05) is 6.07 Å². The van der Waals surface area contributed by atoms with Crippen molar-refractivity contribution in [2.24, 2.45) is 5.92 Å². The fraction of sp³-hybridized carbons (Fsp3) is 0.269. The molecule has 3 heteroatoms. The number of nitrogens with one attached hydrogen (secondary N) is 1. The van der Waals surface area contributed by atoms with Crippen molar-refractivity contribution in [1.29, 1.82) is 0 Å². The average molecular weight is 386 g/mol. The third-order valence-electron chi connectivity index (χ3n) is 5.74. The highest BCUT2D eigenvalue weighted by atomic mass is 16.5. The molecule has 29 heavy (non-hydrogen) atoms. The minimum atomic E-state index is -0.609. The van der Waals surface area contributed by atoms with Gasteiger partial charge >= 0.3 is 5.97 Å². The second-order valence-electron chi connectivity index (χ2n) is 8.06. The van der Waals surface area contributed by atoms with Gasteiger partial charge in [-0.25, -0.2) is 0 Å². The largest absolute Gasteiger partial charge is 0.468 e. The Kier molecular flexibility index (Phi) is 5.25. The third kappa shape index (κ3) is 3.26. The monoisotopic (exact) mass is 385 g/mol. The lowest BCUT2D eigenvalue weighted by molar-refractivity contribution is -0.144. The lowest BCUT2D eigenvalue weighted by Crippen LogP contribution is -2.52. The fourth-order valence-corrected chi connectivity index (χ4v) is 4.56. The van der Waals surface area contributed by atoms with E-state index < -0.39 is 11.6 Å². The first kappa shape index (κ1) is 19.4. The summed E-state index contributed by atoms with van der Waals surface area (Å²) in [6.07, 6.45) is 0.700. The molecule has 0 heterocycles. The van der Waals surface area contributed by atoms with Crippen LogP contribution < -0.4 is 5.32 Å². The minimum absolute atomic E-state index is 0.226.